The standard InChI is InChI=1S/C10H10O2S/c1-8-10(7-12-13(8)11)9-5-3-2-4-6-9/h2-6H,7H2,1H3. The third kappa shape index (κ3) is 1.57. The summed E-state index contributed by atoms with van der Waals surface area (Å²) in [4.78, 5) is 0.839. The second-order valence-electron chi connectivity index (χ2n) is 2.90. The number of allylic oxidation sites excluding steroid dienone is 1. The Bertz CT molecular complexity index is 368. The van der Waals surface area contributed by atoms with E-state index < -0.39 is 11.1 Å². The summed E-state index contributed by atoms with van der Waals surface area (Å²) in [6.45, 7) is 2.31. The fourth-order valence-corrected chi connectivity index (χ4v) is 2.11. The Morgan fingerprint density at radius 2 is 2.00 bits per heavy atom. The number of hydrogen-bond donors (Lipinski definition) is 0. The maximum atomic E-state index is 11.2. The van der Waals surface area contributed by atoms with Gasteiger partial charge in [-0.2, -0.15) is 0 Å². The highest BCUT2D eigenvalue weighted by Gasteiger charge is 2.19. The summed E-state index contributed by atoms with van der Waals surface area (Å²) < 4.78 is 16.2. The van der Waals surface area contributed by atoms with Crippen LogP contribution in [-0.2, 0) is 15.3 Å². The molecule has 0 radical (unpaired) electrons. The molecule has 1 aromatic carbocycles. The van der Waals surface area contributed by atoms with E-state index in [-0.39, 0.29) is 0 Å². The van der Waals surface area contributed by atoms with Gasteiger partial charge in [0.2, 0.25) is 0 Å². The van der Waals surface area contributed by atoms with Gasteiger partial charge in [-0.1, -0.05) is 30.3 Å². The summed E-state index contributed by atoms with van der Waals surface area (Å²) >= 11 is -1.22. The highest BCUT2D eigenvalue weighted by Crippen LogP contribution is 2.27. The highest BCUT2D eigenvalue weighted by molar-refractivity contribution is 7.84. The van der Waals surface area contributed by atoms with Gasteiger partial charge in [0.1, 0.15) is 0 Å². The van der Waals surface area contributed by atoms with Crippen molar-refractivity contribution in [2.24, 2.45) is 0 Å². The molecule has 0 fully saturated rings. The van der Waals surface area contributed by atoms with Crippen LogP contribution in [0.3, 0.4) is 0 Å². The molecule has 0 N–H and O–H groups in total. The van der Waals surface area contributed by atoms with Gasteiger partial charge >= 0.3 is 0 Å². The smallest absolute Gasteiger partial charge is 0.185 e. The zero-order valence-corrected chi connectivity index (χ0v) is 8.14. The first-order chi connectivity index (χ1) is 6.29. The van der Waals surface area contributed by atoms with Crippen LogP contribution >= 0.6 is 0 Å². The largest absolute Gasteiger partial charge is 0.282 e. The lowest BCUT2D eigenvalue weighted by atomic mass is 10.1. The van der Waals surface area contributed by atoms with E-state index in [1.165, 1.54) is 0 Å². The Kier molecular flexibility index (Phi) is 2.29. The molecule has 1 atom stereocenters. The fourth-order valence-electron chi connectivity index (χ4n) is 1.33. The maximum Gasteiger partial charge on any atom is 0.185 e. The second kappa shape index (κ2) is 3.44. The molecule has 0 aromatic heterocycles. The van der Waals surface area contributed by atoms with Gasteiger partial charge in [-0.25, -0.2) is 4.21 Å². The van der Waals surface area contributed by atoms with Crippen molar-refractivity contribution in [1.82, 2.24) is 0 Å². The van der Waals surface area contributed by atoms with Crippen molar-refractivity contribution in [3.05, 3.63) is 40.8 Å². The molecule has 0 aliphatic carbocycles. The van der Waals surface area contributed by atoms with Gasteiger partial charge in [0.15, 0.2) is 11.1 Å². The molecule has 1 heterocycles. The van der Waals surface area contributed by atoms with Crippen molar-refractivity contribution in [3.63, 3.8) is 0 Å². The van der Waals surface area contributed by atoms with E-state index in [0.29, 0.717) is 6.61 Å². The normalized spacial score (nSPS) is 22.4. The molecule has 0 spiro atoms. The van der Waals surface area contributed by atoms with Crippen LogP contribution in [0.25, 0.3) is 5.57 Å². The van der Waals surface area contributed by atoms with E-state index >= 15 is 0 Å². The molecule has 1 aliphatic rings. The third-order valence-electron chi connectivity index (χ3n) is 2.11. The molecule has 2 nitrogen and oxygen atoms in total. The number of hydrogen-bond acceptors (Lipinski definition) is 2. The lowest BCUT2D eigenvalue weighted by Gasteiger charge is -1.99. The average Bonchev–Trinajstić information content (AvgIpc) is 2.49. The van der Waals surface area contributed by atoms with Crippen molar-refractivity contribution < 1.29 is 8.39 Å². The molecule has 13 heavy (non-hydrogen) atoms. The first-order valence-electron chi connectivity index (χ1n) is 4.09. The summed E-state index contributed by atoms with van der Waals surface area (Å²) in [7, 11) is 0. The Balaban J connectivity index is 2.43. The molecule has 3 heteroatoms. The van der Waals surface area contributed by atoms with E-state index in [1.807, 2.05) is 37.3 Å². The van der Waals surface area contributed by atoms with Crippen LogP contribution in [0.5, 0.6) is 0 Å². The topological polar surface area (TPSA) is 26.3 Å². The Morgan fingerprint density at radius 1 is 1.31 bits per heavy atom. The lowest BCUT2D eigenvalue weighted by Crippen LogP contribution is -1.87. The summed E-state index contributed by atoms with van der Waals surface area (Å²) in [5, 5.41) is 0. The van der Waals surface area contributed by atoms with Crippen LogP contribution in [0.4, 0.5) is 0 Å². The summed E-state index contributed by atoms with van der Waals surface area (Å²) in [5.74, 6) is 0. The third-order valence-corrected chi connectivity index (χ3v) is 3.19. The fraction of sp³-hybridized carbons (Fsp3) is 0.200. The van der Waals surface area contributed by atoms with Crippen molar-refractivity contribution in [3.8, 4) is 0 Å². The summed E-state index contributed by atoms with van der Waals surface area (Å²) in [6.07, 6.45) is 0. The van der Waals surface area contributed by atoms with E-state index in [2.05, 4.69) is 0 Å². The SMILES string of the molecule is CC1=C(c2ccccc2)COS1=O. The van der Waals surface area contributed by atoms with Crippen molar-refractivity contribution >= 4 is 16.7 Å². The van der Waals surface area contributed by atoms with Gasteiger partial charge in [0, 0.05) is 10.5 Å². The monoisotopic (exact) mass is 194 g/mol. The van der Waals surface area contributed by atoms with E-state index in [0.717, 1.165) is 16.0 Å². The highest BCUT2D eigenvalue weighted by atomic mass is 32.2. The Labute approximate surface area is 79.9 Å². The van der Waals surface area contributed by atoms with E-state index in [9.17, 15) is 4.21 Å². The molecular formula is C10H10O2S. The number of benzene rings is 1. The van der Waals surface area contributed by atoms with Crippen molar-refractivity contribution in [2.45, 2.75) is 6.92 Å². The van der Waals surface area contributed by atoms with Gasteiger partial charge in [-0.15, -0.1) is 0 Å². The molecule has 68 valence electrons. The molecule has 1 unspecified atom stereocenters. The molecular weight excluding hydrogens is 184 g/mol. The Morgan fingerprint density at radius 3 is 2.54 bits per heavy atom. The van der Waals surface area contributed by atoms with E-state index in [4.69, 9.17) is 4.18 Å². The van der Waals surface area contributed by atoms with Crippen LogP contribution in [0.15, 0.2) is 35.2 Å². The molecule has 2 rings (SSSR count). The lowest BCUT2D eigenvalue weighted by molar-refractivity contribution is 0.416. The van der Waals surface area contributed by atoms with Crippen molar-refractivity contribution in [2.75, 3.05) is 6.61 Å². The van der Waals surface area contributed by atoms with E-state index in [1.54, 1.807) is 0 Å². The Hall–Kier alpha value is -0.930. The molecule has 0 saturated heterocycles. The molecule has 1 aromatic rings. The van der Waals surface area contributed by atoms with Gasteiger partial charge < -0.3 is 0 Å². The number of rotatable bonds is 1. The van der Waals surface area contributed by atoms with Crippen LogP contribution in [0.2, 0.25) is 0 Å². The minimum Gasteiger partial charge on any atom is -0.282 e. The summed E-state index contributed by atoms with van der Waals surface area (Å²) in [6, 6.07) is 9.91. The summed E-state index contributed by atoms with van der Waals surface area (Å²) in [5.41, 5.74) is 2.16. The molecule has 0 saturated carbocycles. The van der Waals surface area contributed by atoms with Crippen LogP contribution in [-0.4, -0.2) is 10.8 Å². The van der Waals surface area contributed by atoms with Crippen LogP contribution in [0.1, 0.15) is 12.5 Å². The minimum atomic E-state index is -1.22. The quantitative estimate of drug-likeness (QED) is 0.684. The van der Waals surface area contributed by atoms with Gasteiger partial charge in [0.25, 0.3) is 0 Å². The maximum absolute atomic E-state index is 11.2. The molecule has 0 bridgehead atoms. The second-order valence-corrected chi connectivity index (χ2v) is 4.22. The van der Waals surface area contributed by atoms with Gasteiger partial charge in [0.05, 0.1) is 6.61 Å². The van der Waals surface area contributed by atoms with Gasteiger partial charge in [-0.3, -0.25) is 4.18 Å². The predicted molar refractivity (Wildman–Crippen MR) is 53.1 cm³/mol. The van der Waals surface area contributed by atoms with Crippen LogP contribution in [0, 0.1) is 0 Å². The predicted octanol–water partition coefficient (Wildman–Crippen LogP) is 2.11. The zero-order chi connectivity index (χ0) is 9.26. The molecule has 0 amide bonds. The van der Waals surface area contributed by atoms with Crippen LogP contribution < -0.4 is 0 Å². The van der Waals surface area contributed by atoms with Gasteiger partial charge in [-0.05, 0) is 12.5 Å². The molecule has 1 aliphatic heterocycles. The average molecular weight is 194 g/mol. The van der Waals surface area contributed by atoms with Crippen molar-refractivity contribution in [1.29, 1.82) is 0 Å². The first kappa shape index (κ1) is 8.66. The minimum absolute atomic E-state index is 0.461. The zero-order valence-electron chi connectivity index (χ0n) is 7.32. The first-order valence-corrected chi connectivity index (χ1v) is 5.17.